The lowest BCUT2D eigenvalue weighted by molar-refractivity contribution is 0.355. The summed E-state index contributed by atoms with van der Waals surface area (Å²) >= 11 is 0.945. The van der Waals surface area contributed by atoms with Crippen LogP contribution in [0.5, 0.6) is 11.5 Å². The number of sulfonamides is 1. The number of nitrogens with zero attached hydrogens (tertiary/aromatic N) is 3. The predicted molar refractivity (Wildman–Crippen MR) is 135 cm³/mol. The Morgan fingerprint density at radius 3 is 2.56 bits per heavy atom. The van der Waals surface area contributed by atoms with E-state index in [0.717, 1.165) is 11.7 Å². The van der Waals surface area contributed by atoms with Crippen LogP contribution in [0.3, 0.4) is 0 Å². The van der Waals surface area contributed by atoms with Crippen molar-refractivity contribution in [1.29, 1.82) is 0 Å². The number of pyridine rings is 1. The van der Waals surface area contributed by atoms with Crippen molar-refractivity contribution < 1.29 is 22.3 Å². The third-order valence-corrected chi connectivity index (χ3v) is 8.37. The molecule has 5 aromatic rings. The van der Waals surface area contributed by atoms with E-state index in [9.17, 15) is 13.2 Å². The molecular weight excluding hydrogens is 504 g/mol. The lowest BCUT2D eigenvalue weighted by Gasteiger charge is -2.22. The molecule has 0 aliphatic heterocycles. The molecule has 2 aromatic carbocycles. The molecule has 0 radical (unpaired) electrons. The number of hydrogen-bond donors (Lipinski definition) is 1. The molecule has 1 N–H and O–H groups in total. The zero-order valence-electron chi connectivity index (χ0n) is 19.6. The third kappa shape index (κ3) is 4.23. The Balaban J connectivity index is 1.63. The Morgan fingerprint density at radius 1 is 1.06 bits per heavy atom. The molecule has 0 fully saturated rings. The van der Waals surface area contributed by atoms with Crippen LogP contribution in [0, 0.1) is 6.92 Å². The molecule has 0 bridgehead atoms. The maximum Gasteiger partial charge on any atom is 0.252 e. The summed E-state index contributed by atoms with van der Waals surface area (Å²) in [6.45, 7) is 1.43. The first-order valence-corrected chi connectivity index (χ1v) is 13.0. The Bertz CT molecular complexity index is 1730. The fourth-order valence-electron chi connectivity index (χ4n) is 4.07. The molecule has 0 saturated carbocycles. The van der Waals surface area contributed by atoms with E-state index >= 15 is 0 Å². The molecule has 0 amide bonds. The van der Waals surface area contributed by atoms with Crippen LogP contribution in [0.15, 0.2) is 62.8 Å². The van der Waals surface area contributed by atoms with E-state index < -0.39 is 15.6 Å². The molecule has 186 valence electrons. The number of aromatic nitrogens is 3. The summed E-state index contributed by atoms with van der Waals surface area (Å²) in [5.74, 6) is 1.39. The molecule has 5 rings (SSSR count). The Morgan fingerprint density at radius 2 is 1.83 bits per heavy atom. The number of aryl methyl sites for hydroxylation is 1. The second-order valence-electron chi connectivity index (χ2n) is 8.11. The number of nitrogens with one attached hydrogen (secondary N) is 1. The normalized spacial score (nSPS) is 12.0. The second kappa shape index (κ2) is 9.37. The lowest BCUT2D eigenvalue weighted by atomic mass is 10.1. The van der Waals surface area contributed by atoms with Crippen molar-refractivity contribution in [2.24, 2.45) is 0 Å². The minimum Gasteiger partial charge on any atom is -0.493 e. The summed E-state index contributed by atoms with van der Waals surface area (Å²) in [5, 5.41) is 0.666. The van der Waals surface area contributed by atoms with Crippen molar-refractivity contribution in [3.05, 3.63) is 76.0 Å². The summed E-state index contributed by atoms with van der Waals surface area (Å²) in [5.41, 5.74) is 1.70. The van der Waals surface area contributed by atoms with Gasteiger partial charge in [0.05, 0.1) is 44.3 Å². The molecule has 0 unspecified atom stereocenters. The Hall–Kier alpha value is -3.74. The monoisotopic (exact) mass is 526 g/mol. The third-order valence-electron chi connectivity index (χ3n) is 5.86. The van der Waals surface area contributed by atoms with E-state index in [0.29, 0.717) is 44.8 Å². The van der Waals surface area contributed by atoms with Crippen LogP contribution in [0.4, 0.5) is 0 Å². The van der Waals surface area contributed by atoms with E-state index in [1.807, 2.05) is 0 Å². The first kappa shape index (κ1) is 24.0. The Labute approximate surface area is 210 Å². The SMILES string of the molecule is COc1cc2cc(CN(Cc3ccco3)S(=O)(=O)c3c(C)ccc4nsnc34)c(=O)[nH]c2cc1OC. The molecule has 0 saturated heterocycles. The van der Waals surface area contributed by atoms with Gasteiger partial charge in [0, 0.05) is 23.6 Å². The van der Waals surface area contributed by atoms with Gasteiger partial charge in [0.1, 0.15) is 21.7 Å². The van der Waals surface area contributed by atoms with Crippen LogP contribution < -0.4 is 15.0 Å². The van der Waals surface area contributed by atoms with Crippen LogP contribution in [0.25, 0.3) is 21.9 Å². The highest BCUT2D eigenvalue weighted by Gasteiger charge is 2.31. The summed E-state index contributed by atoms with van der Waals surface area (Å²) in [6.07, 6.45) is 1.47. The minimum atomic E-state index is -4.12. The molecule has 0 aliphatic rings. The van der Waals surface area contributed by atoms with Crippen molar-refractivity contribution in [3.63, 3.8) is 0 Å². The van der Waals surface area contributed by atoms with Crippen molar-refractivity contribution >= 4 is 43.7 Å². The highest BCUT2D eigenvalue weighted by atomic mass is 32.2. The highest BCUT2D eigenvalue weighted by molar-refractivity contribution is 7.89. The van der Waals surface area contributed by atoms with Gasteiger partial charge in [-0.15, -0.1) is 0 Å². The molecule has 12 heteroatoms. The molecule has 10 nitrogen and oxygen atoms in total. The zero-order valence-corrected chi connectivity index (χ0v) is 21.3. The van der Waals surface area contributed by atoms with Crippen LogP contribution in [-0.2, 0) is 23.1 Å². The Kier molecular flexibility index (Phi) is 6.24. The lowest BCUT2D eigenvalue weighted by Crippen LogP contribution is -2.33. The number of ether oxygens (including phenoxy) is 2. The van der Waals surface area contributed by atoms with Gasteiger partial charge in [-0.2, -0.15) is 13.1 Å². The first-order chi connectivity index (χ1) is 17.3. The van der Waals surface area contributed by atoms with Crippen LogP contribution in [-0.4, -0.2) is 40.7 Å². The number of fused-ring (bicyclic) bond motifs is 2. The van der Waals surface area contributed by atoms with Crippen molar-refractivity contribution in [2.45, 2.75) is 24.9 Å². The molecule has 0 atom stereocenters. The number of methoxy groups -OCH3 is 2. The van der Waals surface area contributed by atoms with Crippen LogP contribution in [0.2, 0.25) is 0 Å². The maximum atomic E-state index is 14.0. The average molecular weight is 527 g/mol. The van der Waals surface area contributed by atoms with Crippen LogP contribution in [0.1, 0.15) is 16.9 Å². The van der Waals surface area contributed by atoms with E-state index in [4.69, 9.17) is 13.9 Å². The summed E-state index contributed by atoms with van der Waals surface area (Å²) in [7, 11) is -1.09. The van der Waals surface area contributed by atoms with Gasteiger partial charge >= 0.3 is 0 Å². The number of rotatable bonds is 8. The highest BCUT2D eigenvalue weighted by Crippen LogP contribution is 2.32. The van der Waals surface area contributed by atoms with Gasteiger partial charge in [-0.3, -0.25) is 4.79 Å². The number of benzene rings is 2. The van der Waals surface area contributed by atoms with Gasteiger partial charge < -0.3 is 18.9 Å². The summed E-state index contributed by atoms with van der Waals surface area (Å²) in [4.78, 5) is 15.9. The minimum absolute atomic E-state index is 0.0592. The summed E-state index contributed by atoms with van der Waals surface area (Å²) in [6, 6.07) is 11.8. The maximum absolute atomic E-state index is 14.0. The largest absolute Gasteiger partial charge is 0.493 e. The zero-order chi connectivity index (χ0) is 25.4. The van der Waals surface area contributed by atoms with E-state index in [-0.39, 0.29) is 23.5 Å². The van der Waals surface area contributed by atoms with E-state index in [2.05, 4.69) is 13.7 Å². The van der Waals surface area contributed by atoms with Gasteiger partial charge in [-0.05, 0) is 42.8 Å². The van der Waals surface area contributed by atoms with Gasteiger partial charge in [0.15, 0.2) is 11.5 Å². The van der Waals surface area contributed by atoms with Gasteiger partial charge in [-0.25, -0.2) is 8.42 Å². The predicted octanol–water partition coefficient (Wildman–Crippen LogP) is 3.84. The average Bonchev–Trinajstić information content (AvgIpc) is 3.55. The van der Waals surface area contributed by atoms with Crippen molar-refractivity contribution in [2.75, 3.05) is 14.2 Å². The molecular formula is C24H22N4O6S2. The topological polar surface area (TPSA) is 128 Å². The molecule has 3 heterocycles. The van der Waals surface area contributed by atoms with Gasteiger partial charge in [-0.1, -0.05) is 6.07 Å². The molecule has 36 heavy (non-hydrogen) atoms. The number of hydrogen-bond acceptors (Lipinski definition) is 9. The summed E-state index contributed by atoms with van der Waals surface area (Å²) < 4.78 is 53.8. The van der Waals surface area contributed by atoms with Crippen molar-refractivity contribution in [3.8, 4) is 11.5 Å². The molecule has 0 aliphatic carbocycles. The second-order valence-corrected chi connectivity index (χ2v) is 10.5. The fraction of sp³-hybridized carbons (Fsp3) is 0.208. The van der Waals surface area contributed by atoms with E-state index in [1.165, 1.54) is 24.8 Å². The quantitative estimate of drug-likeness (QED) is 0.323. The standard InChI is InChI=1S/C24H22N4O6S2/c1-14-6-7-18-22(27-35-26-18)23(14)36(30,31)28(13-17-5-4-8-34-17)12-16-9-15-10-20(32-2)21(33-3)11-19(15)25-24(16)29/h4-11H,12-13H2,1-3H3,(H,25,29). The van der Waals surface area contributed by atoms with Gasteiger partial charge in [0.2, 0.25) is 10.0 Å². The molecule has 0 spiro atoms. The number of aromatic amines is 1. The van der Waals surface area contributed by atoms with E-state index in [1.54, 1.807) is 49.4 Å². The number of furan rings is 1. The van der Waals surface area contributed by atoms with Crippen molar-refractivity contribution in [1.82, 2.24) is 18.0 Å². The van der Waals surface area contributed by atoms with Crippen LogP contribution >= 0.6 is 11.7 Å². The first-order valence-electron chi connectivity index (χ1n) is 10.8. The number of H-pyrrole nitrogens is 1. The smallest absolute Gasteiger partial charge is 0.252 e. The molecule has 3 aromatic heterocycles. The van der Waals surface area contributed by atoms with Gasteiger partial charge in [0.25, 0.3) is 5.56 Å². The fourth-order valence-corrected chi connectivity index (χ4v) is 6.41.